The number of hydrogen-bond donors (Lipinski definition) is 1. The second-order valence-electron chi connectivity index (χ2n) is 7.02. The van der Waals surface area contributed by atoms with E-state index < -0.39 is 5.97 Å². The summed E-state index contributed by atoms with van der Waals surface area (Å²) in [5, 5.41) is 10.3. The molecule has 1 aromatic rings. The molecule has 1 amide bonds. The maximum Gasteiger partial charge on any atom is 0.306 e. The number of carbonyl (C=O) groups excluding carboxylic acids is 1. The van der Waals surface area contributed by atoms with Gasteiger partial charge in [-0.25, -0.2) is 4.98 Å². The molecule has 132 valence electrons. The second kappa shape index (κ2) is 7.21. The summed E-state index contributed by atoms with van der Waals surface area (Å²) in [6.07, 6.45) is 6.69. The summed E-state index contributed by atoms with van der Waals surface area (Å²) in [5.74, 6) is -0.824. The van der Waals surface area contributed by atoms with E-state index in [0.717, 1.165) is 30.7 Å². The lowest BCUT2D eigenvalue weighted by Crippen LogP contribution is -2.39. The minimum absolute atomic E-state index is 0.0189. The molecule has 1 heterocycles. The summed E-state index contributed by atoms with van der Waals surface area (Å²) in [4.78, 5) is 31.9. The van der Waals surface area contributed by atoms with Crippen molar-refractivity contribution in [3.63, 3.8) is 0 Å². The molecule has 1 aromatic heterocycles. The van der Waals surface area contributed by atoms with Crippen LogP contribution in [0, 0.1) is 11.8 Å². The van der Waals surface area contributed by atoms with Crippen molar-refractivity contribution in [3.05, 3.63) is 15.6 Å². The Balaban J connectivity index is 1.69. The highest BCUT2D eigenvalue weighted by atomic mass is 32.1. The monoisotopic (exact) mass is 350 g/mol. The number of aliphatic carboxylic acids is 1. The zero-order valence-corrected chi connectivity index (χ0v) is 15.3. The van der Waals surface area contributed by atoms with Crippen molar-refractivity contribution in [2.24, 2.45) is 11.8 Å². The van der Waals surface area contributed by atoms with Gasteiger partial charge in [-0.05, 0) is 51.4 Å². The van der Waals surface area contributed by atoms with Gasteiger partial charge in [-0.1, -0.05) is 6.92 Å². The summed E-state index contributed by atoms with van der Waals surface area (Å²) in [5.41, 5.74) is 1.18. The Morgan fingerprint density at radius 3 is 2.50 bits per heavy atom. The molecular formula is C18H26N2O3S. The Hall–Kier alpha value is -1.43. The molecule has 0 saturated heterocycles. The predicted molar refractivity (Wildman–Crippen MR) is 93.0 cm³/mol. The number of fused-ring (bicyclic) bond motifs is 1. The van der Waals surface area contributed by atoms with Gasteiger partial charge >= 0.3 is 5.97 Å². The van der Waals surface area contributed by atoms with Crippen LogP contribution in [0.15, 0.2) is 0 Å². The number of hydrogen-bond acceptors (Lipinski definition) is 4. The molecule has 1 N–H and O–H groups in total. The quantitative estimate of drug-likeness (QED) is 0.903. The van der Waals surface area contributed by atoms with E-state index in [1.807, 2.05) is 11.9 Å². The normalized spacial score (nSPS) is 26.7. The van der Waals surface area contributed by atoms with Gasteiger partial charge < -0.3 is 10.0 Å². The van der Waals surface area contributed by atoms with E-state index in [2.05, 4.69) is 6.92 Å². The topological polar surface area (TPSA) is 70.5 Å². The first-order valence-corrected chi connectivity index (χ1v) is 9.80. The molecule has 5 nitrogen and oxygen atoms in total. The van der Waals surface area contributed by atoms with Gasteiger partial charge in [-0.2, -0.15) is 0 Å². The number of aryl methyl sites for hydroxylation is 2. The van der Waals surface area contributed by atoms with Crippen molar-refractivity contribution in [3.8, 4) is 0 Å². The summed E-state index contributed by atoms with van der Waals surface area (Å²) < 4.78 is 0. The van der Waals surface area contributed by atoms with Crippen molar-refractivity contribution < 1.29 is 14.7 Å². The van der Waals surface area contributed by atoms with Gasteiger partial charge in [0, 0.05) is 13.0 Å². The number of amides is 1. The number of thiazole rings is 1. The van der Waals surface area contributed by atoms with E-state index >= 15 is 0 Å². The third-order valence-electron chi connectivity index (χ3n) is 5.51. The largest absolute Gasteiger partial charge is 0.481 e. The van der Waals surface area contributed by atoms with Crippen molar-refractivity contribution in [1.29, 1.82) is 0 Å². The zero-order valence-electron chi connectivity index (χ0n) is 14.5. The van der Waals surface area contributed by atoms with Gasteiger partial charge in [0.2, 0.25) is 5.91 Å². The summed E-state index contributed by atoms with van der Waals surface area (Å²) in [6, 6.07) is 0.149. The molecule has 3 rings (SSSR count). The van der Waals surface area contributed by atoms with E-state index in [1.165, 1.54) is 10.6 Å². The molecule has 1 fully saturated rings. The highest BCUT2D eigenvalue weighted by molar-refractivity contribution is 7.11. The molecular weight excluding hydrogens is 324 g/mol. The van der Waals surface area contributed by atoms with Crippen LogP contribution in [0.1, 0.15) is 67.1 Å². The first-order chi connectivity index (χ1) is 11.5. The first-order valence-electron chi connectivity index (χ1n) is 8.99. The second-order valence-corrected chi connectivity index (χ2v) is 8.13. The van der Waals surface area contributed by atoms with Gasteiger partial charge in [0.05, 0.1) is 27.5 Å². The van der Waals surface area contributed by atoms with E-state index in [-0.39, 0.29) is 23.8 Å². The van der Waals surface area contributed by atoms with Crippen LogP contribution in [-0.4, -0.2) is 33.9 Å². The maximum absolute atomic E-state index is 12.9. The Kier molecular flexibility index (Phi) is 5.23. The van der Waals surface area contributed by atoms with Crippen molar-refractivity contribution in [2.75, 3.05) is 7.05 Å². The van der Waals surface area contributed by atoms with Gasteiger partial charge in [-0.3, -0.25) is 9.59 Å². The molecule has 2 aliphatic carbocycles. The summed E-state index contributed by atoms with van der Waals surface area (Å²) >= 11 is 1.76. The van der Waals surface area contributed by atoms with Crippen LogP contribution in [0.25, 0.3) is 0 Å². The number of aromatic nitrogens is 1. The van der Waals surface area contributed by atoms with Crippen LogP contribution in [0.5, 0.6) is 0 Å². The zero-order chi connectivity index (χ0) is 17.3. The molecule has 0 spiro atoms. The highest BCUT2D eigenvalue weighted by Gasteiger charge is 2.35. The predicted octanol–water partition coefficient (Wildman–Crippen LogP) is 3.43. The van der Waals surface area contributed by atoms with Gasteiger partial charge in [-0.15, -0.1) is 11.3 Å². The minimum atomic E-state index is -0.720. The van der Waals surface area contributed by atoms with Crippen LogP contribution >= 0.6 is 11.3 Å². The number of carboxylic acid groups (broad SMARTS) is 1. The van der Waals surface area contributed by atoms with E-state index in [1.54, 1.807) is 11.3 Å². The van der Waals surface area contributed by atoms with Crippen LogP contribution in [-0.2, 0) is 22.4 Å². The molecule has 1 unspecified atom stereocenters. The first kappa shape index (κ1) is 17.4. The molecule has 6 heteroatoms. The van der Waals surface area contributed by atoms with Crippen LogP contribution in [0.3, 0.4) is 0 Å². The molecule has 0 radical (unpaired) electrons. The minimum Gasteiger partial charge on any atom is -0.481 e. The molecule has 0 bridgehead atoms. The maximum atomic E-state index is 12.9. The Morgan fingerprint density at radius 2 is 1.88 bits per heavy atom. The number of carboxylic acids is 1. The Bertz CT molecular complexity index is 620. The standard InChI is InChI=1S/C18H26N2O3S/c1-3-15-19-13-5-4-6-14(16(13)24-15)20(2)17(21)11-7-9-12(10-8-11)18(22)23/h11-12,14H,3-10H2,1-2H3,(H,22,23). The lowest BCUT2D eigenvalue weighted by Gasteiger charge is -2.35. The van der Waals surface area contributed by atoms with Crippen LogP contribution < -0.4 is 0 Å². The van der Waals surface area contributed by atoms with E-state index in [4.69, 9.17) is 10.1 Å². The SMILES string of the molecule is CCc1nc2c(s1)C(N(C)C(=O)C1CCC(C(=O)O)CC1)CCC2. The molecule has 24 heavy (non-hydrogen) atoms. The van der Waals surface area contributed by atoms with Crippen molar-refractivity contribution in [1.82, 2.24) is 9.88 Å². The van der Waals surface area contributed by atoms with Gasteiger partial charge in [0.25, 0.3) is 0 Å². The number of carbonyl (C=O) groups is 2. The molecule has 0 aromatic carbocycles. The summed E-state index contributed by atoms with van der Waals surface area (Å²) in [6.45, 7) is 2.12. The lowest BCUT2D eigenvalue weighted by molar-refractivity contribution is -0.146. The van der Waals surface area contributed by atoms with Crippen molar-refractivity contribution >= 4 is 23.2 Å². The molecule has 1 atom stereocenters. The van der Waals surface area contributed by atoms with E-state index in [9.17, 15) is 9.59 Å². The smallest absolute Gasteiger partial charge is 0.306 e. The third kappa shape index (κ3) is 3.34. The lowest BCUT2D eigenvalue weighted by atomic mass is 9.81. The number of nitrogens with zero attached hydrogens (tertiary/aromatic N) is 2. The average molecular weight is 350 g/mol. The highest BCUT2D eigenvalue weighted by Crippen LogP contribution is 2.39. The van der Waals surface area contributed by atoms with Crippen LogP contribution in [0.2, 0.25) is 0 Å². The fraction of sp³-hybridized carbons (Fsp3) is 0.722. The average Bonchev–Trinajstić information content (AvgIpc) is 3.03. The van der Waals surface area contributed by atoms with Gasteiger partial charge in [0.1, 0.15) is 0 Å². The molecule has 2 aliphatic rings. The Morgan fingerprint density at radius 1 is 1.21 bits per heavy atom. The Labute approximate surface area is 147 Å². The fourth-order valence-corrected chi connectivity index (χ4v) is 5.23. The number of rotatable bonds is 4. The van der Waals surface area contributed by atoms with Crippen molar-refractivity contribution in [2.45, 2.75) is 64.3 Å². The van der Waals surface area contributed by atoms with E-state index in [0.29, 0.717) is 25.7 Å². The molecule has 1 saturated carbocycles. The van der Waals surface area contributed by atoms with Gasteiger partial charge in [0.15, 0.2) is 0 Å². The molecule has 0 aliphatic heterocycles. The summed E-state index contributed by atoms with van der Waals surface area (Å²) in [7, 11) is 1.91. The fourth-order valence-electron chi connectivity index (χ4n) is 4.00. The third-order valence-corrected chi connectivity index (χ3v) is 6.85. The van der Waals surface area contributed by atoms with Crippen LogP contribution in [0.4, 0.5) is 0 Å².